The maximum Gasteiger partial charge on any atom is 0.263 e. The molecule has 12 heteroatoms. The fourth-order valence-corrected chi connectivity index (χ4v) is 6.32. The van der Waals surface area contributed by atoms with Gasteiger partial charge in [0.1, 0.15) is 24.0 Å². The first kappa shape index (κ1) is 26.7. The highest BCUT2D eigenvalue weighted by atomic mass is 35.5. The lowest BCUT2D eigenvalue weighted by Gasteiger charge is -2.41. The van der Waals surface area contributed by atoms with E-state index in [1.165, 1.54) is 30.2 Å². The van der Waals surface area contributed by atoms with Crippen LogP contribution in [0, 0.1) is 11.3 Å². The number of halogens is 1. The molecular formula is C27H32ClN7O3S. The average molecular weight is 570 g/mol. The van der Waals surface area contributed by atoms with Crippen LogP contribution in [-0.4, -0.2) is 68.0 Å². The molecule has 2 aliphatic heterocycles. The van der Waals surface area contributed by atoms with E-state index in [1.807, 2.05) is 36.1 Å². The Bertz CT molecular complexity index is 1530. The van der Waals surface area contributed by atoms with Crippen molar-refractivity contribution < 1.29 is 16.1 Å². The molecule has 0 unspecified atom stereocenters. The summed E-state index contributed by atoms with van der Waals surface area (Å²) in [5.74, 6) is 0.0369. The number of aromatic nitrogens is 2. The number of piperazine rings is 1. The van der Waals surface area contributed by atoms with E-state index in [4.69, 9.17) is 16.9 Å². The van der Waals surface area contributed by atoms with Gasteiger partial charge in [-0.05, 0) is 67.8 Å². The van der Waals surface area contributed by atoms with Gasteiger partial charge in [-0.3, -0.25) is 9.52 Å². The molecule has 1 saturated heterocycles. The summed E-state index contributed by atoms with van der Waals surface area (Å²) in [6.07, 6.45) is 4.37. The Labute approximate surface area is 235 Å². The first-order valence-electron chi connectivity index (χ1n) is 12.7. The summed E-state index contributed by atoms with van der Waals surface area (Å²) < 4.78 is 28.0. The Kier molecular flexibility index (Phi) is 7.59. The largest absolute Gasteiger partial charge is 0.368 e. The molecule has 2 aromatic carbocycles. The van der Waals surface area contributed by atoms with E-state index in [9.17, 15) is 13.2 Å². The number of carbonyl (C=O) groups is 1. The molecule has 0 spiro atoms. The van der Waals surface area contributed by atoms with Gasteiger partial charge in [0.2, 0.25) is 5.91 Å². The van der Waals surface area contributed by atoms with Crippen LogP contribution in [0.2, 0.25) is 5.02 Å². The Hall–Kier alpha value is -3.88. The third kappa shape index (κ3) is 5.62. The summed E-state index contributed by atoms with van der Waals surface area (Å²) in [4.78, 5) is 27.3. The molecule has 0 aliphatic carbocycles. The van der Waals surface area contributed by atoms with E-state index in [-0.39, 0.29) is 31.1 Å². The van der Waals surface area contributed by atoms with Crippen LogP contribution in [0.3, 0.4) is 0 Å². The van der Waals surface area contributed by atoms with Gasteiger partial charge >= 0.3 is 0 Å². The zero-order chi connectivity index (χ0) is 27.6. The molecule has 1 aromatic heterocycles. The molecule has 5 rings (SSSR count). The number of rotatable bonds is 6. The Morgan fingerprint density at radius 3 is 2.59 bits per heavy atom. The van der Waals surface area contributed by atoms with Crippen molar-refractivity contribution in [2.24, 2.45) is 0 Å². The van der Waals surface area contributed by atoms with Crippen molar-refractivity contribution in [3.8, 4) is 6.07 Å². The second kappa shape index (κ2) is 11.1. The summed E-state index contributed by atoms with van der Waals surface area (Å²) in [5.41, 5.74) is 3.17. The lowest BCUT2D eigenvalue weighted by molar-refractivity contribution is -0.132. The molecule has 39 heavy (non-hydrogen) atoms. The zero-order valence-electron chi connectivity index (χ0n) is 21.4. The third-order valence-electron chi connectivity index (χ3n) is 7.19. The van der Waals surface area contributed by atoms with Crippen molar-refractivity contribution in [2.45, 2.75) is 30.7 Å². The molecule has 0 bridgehead atoms. The lowest BCUT2D eigenvalue weighted by Crippen LogP contribution is -2.55. The van der Waals surface area contributed by atoms with E-state index in [1.54, 1.807) is 12.1 Å². The number of hydrogen-bond acceptors (Lipinski definition) is 8. The first-order chi connectivity index (χ1) is 18.8. The van der Waals surface area contributed by atoms with Gasteiger partial charge in [0.15, 0.2) is 5.82 Å². The Morgan fingerprint density at radius 2 is 1.87 bits per heavy atom. The van der Waals surface area contributed by atoms with Crippen LogP contribution in [0.4, 0.5) is 17.2 Å². The number of nitrogens with one attached hydrogen (secondary N) is 1. The van der Waals surface area contributed by atoms with Gasteiger partial charge in [-0.25, -0.2) is 18.4 Å². The molecule has 3 aromatic rings. The van der Waals surface area contributed by atoms with Crippen LogP contribution in [0.25, 0.3) is 0 Å². The van der Waals surface area contributed by atoms with Crippen molar-refractivity contribution >= 4 is 44.7 Å². The number of nitriles is 1. The first-order valence-corrected chi connectivity index (χ1v) is 14.5. The quantitative estimate of drug-likeness (QED) is 0.476. The predicted molar refractivity (Wildman–Crippen MR) is 154 cm³/mol. The molecule has 0 saturated carbocycles. The van der Waals surface area contributed by atoms with E-state index in [0.717, 1.165) is 30.8 Å². The maximum absolute atomic E-state index is 13.4. The van der Waals surface area contributed by atoms with Crippen molar-refractivity contribution in [3.05, 3.63) is 71.1 Å². The highest BCUT2D eigenvalue weighted by molar-refractivity contribution is 7.92. The number of benzene rings is 2. The zero-order valence-corrected chi connectivity index (χ0v) is 23.0. The minimum atomic E-state index is -3.93. The molecule has 1 amide bonds. The summed E-state index contributed by atoms with van der Waals surface area (Å²) in [7, 11) is -3.93. The van der Waals surface area contributed by atoms with Gasteiger partial charge in [-0.2, -0.15) is 5.26 Å². The highest BCUT2D eigenvalue weighted by Gasteiger charge is 2.31. The minimum Gasteiger partial charge on any atom is -0.368 e. The van der Waals surface area contributed by atoms with Gasteiger partial charge in [0.25, 0.3) is 10.0 Å². The average Bonchev–Trinajstić information content (AvgIpc) is 2.96. The fraction of sp³-hybridized carbons (Fsp3) is 0.333. The molecule has 0 radical (unpaired) electrons. The maximum atomic E-state index is 13.4. The lowest BCUT2D eigenvalue weighted by atomic mass is 10.00. The standard InChI is InChI=1S/C27H28ClN7O3S.2H2/c1-19(35-10-2-3-20-15-22(28)4-9-25(20)35)27(36)34-13-11-33(12-14-34)23-5-7-24(8-6-23)39(37,38)32-26-21(16-29)17-30-18-31-26;;/h4-9,15,17-19H,2-3,10-14H2,1H3,(H,30,31,32);2*1H/t19-;;/m1../s1. The minimum absolute atomic E-state index is 0. The van der Waals surface area contributed by atoms with Crippen LogP contribution >= 0.6 is 11.6 Å². The number of aryl methyl sites for hydroxylation is 1. The van der Waals surface area contributed by atoms with Crippen molar-refractivity contribution in [1.29, 1.82) is 5.26 Å². The second-order valence-electron chi connectivity index (χ2n) is 9.55. The summed E-state index contributed by atoms with van der Waals surface area (Å²) in [6.45, 7) is 5.24. The smallest absolute Gasteiger partial charge is 0.263 e. The van der Waals surface area contributed by atoms with Crippen molar-refractivity contribution in [1.82, 2.24) is 14.9 Å². The monoisotopic (exact) mass is 569 g/mol. The summed E-state index contributed by atoms with van der Waals surface area (Å²) in [5, 5.41) is 9.88. The van der Waals surface area contributed by atoms with Crippen LogP contribution in [0.5, 0.6) is 0 Å². The van der Waals surface area contributed by atoms with Gasteiger partial charge in [-0.15, -0.1) is 0 Å². The molecule has 10 nitrogen and oxygen atoms in total. The number of sulfonamides is 1. The molecule has 1 N–H and O–H groups in total. The fourth-order valence-electron chi connectivity index (χ4n) is 5.09. The molecule has 3 heterocycles. The molecule has 1 fully saturated rings. The van der Waals surface area contributed by atoms with Gasteiger partial charge < -0.3 is 14.7 Å². The van der Waals surface area contributed by atoms with Gasteiger partial charge in [-0.1, -0.05) is 11.6 Å². The van der Waals surface area contributed by atoms with Crippen LogP contribution < -0.4 is 14.5 Å². The molecular weight excluding hydrogens is 538 g/mol. The third-order valence-corrected chi connectivity index (χ3v) is 8.78. The molecule has 1 atom stereocenters. The normalized spacial score (nSPS) is 16.3. The molecule has 206 valence electrons. The van der Waals surface area contributed by atoms with E-state index >= 15 is 0 Å². The van der Waals surface area contributed by atoms with E-state index < -0.39 is 10.0 Å². The number of nitrogens with zero attached hydrogens (tertiary/aromatic N) is 6. The van der Waals surface area contributed by atoms with E-state index in [0.29, 0.717) is 31.2 Å². The Balaban J connectivity index is 0.00000231. The van der Waals surface area contributed by atoms with Crippen LogP contribution in [-0.2, 0) is 21.2 Å². The topological polar surface area (TPSA) is 123 Å². The van der Waals surface area contributed by atoms with E-state index in [2.05, 4.69) is 24.5 Å². The van der Waals surface area contributed by atoms with Crippen LogP contribution in [0.1, 0.15) is 27.3 Å². The SMILES string of the molecule is C[C@H](C(=O)N1CCN(c2ccc(S(=O)(=O)Nc3ncncc3C#N)cc2)CC1)N1CCCc2cc(Cl)ccc21.[HH].[HH]. The number of anilines is 3. The number of amides is 1. The highest BCUT2D eigenvalue weighted by Crippen LogP contribution is 2.31. The predicted octanol–water partition coefficient (Wildman–Crippen LogP) is 3.78. The second-order valence-corrected chi connectivity index (χ2v) is 11.7. The number of carbonyl (C=O) groups excluding carboxylic acids is 1. The van der Waals surface area contributed by atoms with Crippen molar-refractivity contribution in [2.75, 3.05) is 47.2 Å². The summed E-state index contributed by atoms with van der Waals surface area (Å²) >= 11 is 6.18. The van der Waals surface area contributed by atoms with Crippen molar-refractivity contribution in [3.63, 3.8) is 0 Å². The number of hydrogen-bond donors (Lipinski definition) is 1. The number of fused-ring (bicyclic) bond motifs is 1. The summed E-state index contributed by atoms with van der Waals surface area (Å²) in [6, 6.07) is 14.0. The van der Waals surface area contributed by atoms with Crippen LogP contribution in [0.15, 0.2) is 59.9 Å². The van der Waals surface area contributed by atoms with Gasteiger partial charge in [0, 0.05) is 52.0 Å². The van der Waals surface area contributed by atoms with Gasteiger partial charge in [0.05, 0.1) is 11.1 Å². The molecule has 2 aliphatic rings. The Morgan fingerprint density at radius 1 is 1.13 bits per heavy atom.